The molecule has 0 aliphatic carbocycles. The number of carbonyl (C=O) groups is 1. The zero-order valence-electron chi connectivity index (χ0n) is 11.0. The number of hydrogen-bond acceptors (Lipinski definition) is 5. The molecule has 0 fully saturated rings. The van der Waals surface area contributed by atoms with Crippen molar-refractivity contribution in [2.24, 2.45) is 0 Å². The summed E-state index contributed by atoms with van der Waals surface area (Å²) in [5, 5.41) is 2.27. The standard InChI is InChI=1S/C10H21N2O5P/c1-9(2)10(13)11-8-17-18(14,15)16-7-5-6-12(3)4/h1,5-8H2,2-4H3,(H,11,13)(H,14,15). The molecule has 106 valence electrons. The van der Waals surface area contributed by atoms with Crippen LogP contribution in [-0.4, -0.2) is 49.7 Å². The van der Waals surface area contributed by atoms with Gasteiger partial charge in [0.25, 0.3) is 0 Å². The average Bonchev–Trinajstić information content (AvgIpc) is 2.23. The summed E-state index contributed by atoms with van der Waals surface area (Å²) in [6.45, 7) is 5.39. The summed E-state index contributed by atoms with van der Waals surface area (Å²) in [5.41, 5.74) is 0.290. The van der Waals surface area contributed by atoms with Crippen LogP contribution in [0, 0.1) is 0 Å². The first-order chi connectivity index (χ1) is 8.24. The number of rotatable bonds is 9. The maximum atomic E-state index is 11.3. The number of phosphoric acid groups is 1. The van der Waals surface area contributed by atoms with Gasteiger partial charge in [-0.3, -0.25) is 13.8 Å². The largest absolute Gasteiger partial charge is 0.473 e. The molecule has 0 radical (unpaired) electrons. The minimum absolute atomic E-state index is 0.111. The number of carbonyl (C=O) groups excluding carboxylic acids is 1. The van der Waals surface area contributed by atoms with E-state index in [1.807, 2.05) is 19.0 Å². The minimum Gasteiger partial charge on any atom is -0.329 e. The summed E-state index contributed by atoms with van der Waals surface area (Å²) < 4.78 is 20.6. The highest BCUT2D eigenvalue weighted by Crippen LogP contribution is 2.42. The SMILES string of the molecule is C=C(C)C(=O)NCOP(=O)(O)OCCCN(C)C. The highest BCUT2D eigenvalue weighted by molar-refractivity contribution is 7.47. The van der Waals surface area contributed by atoms with Gasteiger partial charge in [-0.25, -0.2) is 4.57 Å². The maximum absolute atomic E-state index is 11.3. The van der Waals surface area contributed by atoms with Gasteiger partial charge in [-0.05, 0) is 34.0 Å². The van der Waals surface area contributed by atoms with E-state index in [2.05, 4.69) is 16.4 Å². The average molecular weight is 280 g/mol. The molecule has 7 nitrogen and oxygen atoms in total. The van der Waals surface area contributed by atoms with E-state index in [1.165, 1.54) is 6.92 Å². The molecule has 0 rings (SSSR count). The van der Waals surface area contributed by atoms with Crippen LogP contribution < -0.4 is 5.32 Å². The molecule has 0 aliphatic rings. The van der Waals surface area contributed by atoms with Crippen molar-refractivity contribution in [3.63, 3.8) is 0 Å². The van der Waals surface area contributed by atoms with E-state index in [0.29, 0.717) is 12.0 Å². The molecule has 0 aliphatic heterocycles. The van der Waals surface area contributed by atoms with Crippen molar-refractivity contribution in [2.75, 3.05) is 34.0 Å². The fraction of sp³-hybridized carbons (Fsp3) is 0.700. The Labute approximate surface area is 107 Å². The smallest absolute Gasteiger partial charge is 0.329 e. The Morgan fingerprint density at radius 2 is 2.06 bits per heavy atom. The van der Waals surface area contributed by atoms with Gasteiger partial charge in [-0.2, -0.15) is 0 Å². The molecule has 0 saturated carbocycles. The summed E-state index contributed by atoms with van der Waals surface area (Å²) in [5.74, 6) is -0.442. The normalized spacial score (nSPS) is 14.3. The van der Waals surface area contributed by atoms with E-state index in [1.54, 1.807) is 0 Å². The van der Waals surface area contributed by atoms with Crippen molar-refractivity contribution in [2.45, 2.75) is 13.3 Å². The van der Waals surface area contributed by atoms with E-state index < -0.39 is 20.5 Å². The van der Waals surface area contributed by atoms with Gasteiger partial charge in [0.2, 0.25) is 5.91 Å². The van der Waals surface area contributed by atoms with Crippen LogP contribution in [0.25, 0.3) is 0 Å². The zero-order valence-corrected chi connectivity index (χ0v) is 11.9. The summed E-state index contributed by atoms with van der Waals surface area (Å²) in [7, 11) is -0.320. The lowest BCUT2D eigenvalue weighted by atomic mass is 10.3. The lowest BCUT2D eigenvalue weighted by Gasteiger charge is -2.14. The highest BCUT2D eigenvalue weighted by Gasteiger charge is 2.20. The molecule has 0 saturated heterocycles. The first-order valence-electron chi connectivity index (χ1n) is 5.45. The molecule has 2 N–H and O–H groups in total. The van der Waals surface area contributed by atoms with Crippen molar-refractivity contribution >= 4 is 13.7 Å². The van der Waals surface area contributed by atoms with Crippen molar-refractivity contribution in [3.05, 3.63) is 12.2 Å². The quantitative estimate of drug-likeness (QED) is 0.280. The van der Waals surface area contributed by atoms with E-state index in [9.17, 15) is 14.3 Å². The number of phosphoric ester groups is 1. The Balaban J connectivity index is 3.77. The third kappa shape index (κ3) is 9.32. The predicted molar refractivity (Wildman–Crippen MR) is 67.9 cm³/mol. The van der Waals surface area contributed by atoms with Gasteiger partial charge < -0.3 is 15.1 Å². The van der Waals surface area contributed by atoms with Crippen LogP contribution in [0.2, 0.25) is 0 Å². The topological polar surface area (TPSA) is 88.1 Å². The van der Waals surface area contributed by atoms with E-state index in [4.69, 9.17) is 4.52 Å². The Bertz CT molecular complexity index is 332. The molecule has 1 amide bonds. The van der Waals surface area contributed by atoms with E-state index in [0.717, 1.165) is 6.54 Å². The summed E-state index contributed by atoms with van der Waals surface area (Å²) in [6.07, 6.45) is 0.610. The predicted octanol–water partition coefficient (Wildman–Crippen LogP) is 0.721. The van der Waals surface area contributed by atoms with Gasteiger partial charge >= 0.3 is 7.82 Å². The van der Waals surface area contributed by atoms with E-state index in [-0.39, 0.29) is 6.61 Å². The molecule has 0 aromatic heterocycles. The van der Waals surface area contributed by atoms with Crippen LogP contribution in [0.1, 0.15) is 13.3 Å². The molecular formula is C10H21N2O5P. The van der Waals surface area contributed by atoms with Crippen LogP contribution in [0.3, 0.4) is 0 Å². The summed E-state index contributed by atoms with van der Waals surface area (Å²) in [6, 6.07) is 0. The molecular weight excluding hydrogens is 259 g/mol. The fourth-order valence-corrected chi connectivity index (χ4v) is 1.59. The second-order valence-electron chi connectivity index (χ2n) is 4.02. The van der Waals surface area contributed by atoms with Gasteiger partial charge in [0.15, 0.2) is 0 Å². The molecule has 18 heavy (non-hydrogen) atoms. The molecule has 1 unspecified atom stereocenters. The van der Waals surface area contributed by atoms with Crippen LogP contribution >= 0.6 is 7.82 Å². The third-order valence-corrected chi connectivity index (χ3v) is 2.82. The number of nitrogens with zero attached hydrogens (tertiary/aromatic N) is 1. The van der Waals surface area contributed by atoms with Gasteiger partial charge in [-0.15, -0.1) is 0 Å². The summed E-state index contributed by atoms with van der Waals surface area (Å²) >= 11 is 0. The first-order valence-corrected chi connectivity index (χ1v) is 6.94. The molecule has 8 heteroatoms. The van der Waals surface area contributed by atoms with Gasteiger partial charge in [-0.1, -0.05) is 6.58 Å². The van der Waals surface area contributed by atoms with Gasteiger partial charge in [0.05, 0.1) is 6.61 Å². The molecule has 1 atom stereocenters. The number of hydrogen-bond donors (Lipinski definition) is 2. The fourth-order valence-electron chi connectivity index (χ4n) is 0.928. The molecule has 0 aromatic carbocycles. The second-order valence-corrected chi connectivity index (χ2v) is 5.47. The minimum atomic E-state index is -4.10. The van der Waals surface area contributed by atoms with Crippen LogP contribution in [0.4, 0.5) is 0 Å². The van der Waals surface area contributed by atoms with Crippen molar-refractivity contribution in [3.8, 4) is 0 Å². The van der Waals surface area contributed by atoms with Crippen LogP contribution in [0.5, 0.6) is 0 Å². The van der Waals surface area contributed by atoms with Crippen molar-refractivity contribution < 1.29 is 23.3 Å². The Morgan fingerprint density at radius 3 is 2.56 bits per heavy atom. The summed E-state index contributed by atoms with van der Waals surface area (Å²) in [4.78, 5) is 22.2. The molecule has 0 spiro atoms. The van der Waals surface area contributed by atoms with Gasteiger partial charge in [0.1, 0.15) is 6.73 Å². The molecule has 0 aromatic rings. The Kier molecular flexibility index (Phi) is 8.06. The van der Waals surface area contributed by atoms with Crippen LogP contribution in [0.15, 0.2) is 12.2 Å². The Morgan fingerprint density at radius 1 is 1.44 bits per heavy atom. The Hall–Kier alpha value is -0.720. The lowest BCUT2D eigenvalue weighted by molar-refractivity contribution is -0.118. The van der Waals surface area contributed by atoms with Crippen LogP contribution in [-0.2, 0) is 18.4 Å². The zero-order chi connectivity index (χ0) is 14.2. The third-order valence-electron chi connectivity index (χ3n) is 1.85. The molecule has 0 bridgehead atoms. The second kappa shape index (κ2) is 8.39. The lowest BCUT2D eigenvalue weighted by Crippen LogP contribution is -2.26. The molecule has 0 heterocycles. The number of nitrogens with one attached hydrogen (secondary N) is 1. The van der Waals surface area contributed by atoms with Crippen molar-refractivity contribution in [1.29, 1.82) is 0 Å². The maximum Gasteiger partial charge on any atom is 0.473 e. The monoisotopic (exact) mass is 280 g/mol. The van der Waals surface area contributed by atoms with E-state index >= 15 is 0 Å². The highest BCUT2D eigenvalue weighted by atomic mass is 31.2. The van der Waals surface area contributed by atoms with Crippen molar-refractivity contribution in [1.82, 2.24) is 10.2 Å². The first kappa shape index (κ1) is 17.3. The number of amides is 1. The van der Waals surface area contributed by atoms with Gasteiger partial charge in [0, 0.05) is 5.57 Å².